The highest BCUT2D eigenvalue weighted by atomic mass is 16.3. The van der Waals surface area contributed by atoms with Crippen LogP contribution in [0.5, 0.6) is 5.75 Å². The third-order valence-corrected chi connectivity index (χ3v) is 3.32. The van der Waals surface area contributed by atoms with Crippen LogP contribution in [0.25, 0.3) is 0 Å². The number of rotatable bonds is 3. The van der Waals surface area contributed by atoms with E-state index in [1.54, 1.807) is 12.1 Å². The van der Waals surface area contributed by atoms with E-state index in [1.807, 2.05) is 37.9 Å². The summed E-state index contributed by atoms with van der Waals surface area (Å²) >= 11 is 0. The SMILES string of the molecule is Cc1nnc(N(C)c2ccc(O)cc2)c(CN)c1C. The highest BCUT2D eigenvalue weighted by Crippen LogP contribution is 2.28. The number of anilines is 2. The summed E-state index contributed by atoms with van der Waals surface area (Å²) in [6.45, 7) is 4.34. The van der Waals surface area contributed by atoms with Gasteiger partial charge >= 0.3 is 0 Å². The fourth-order valence-electron chi connectivity index (χ4n) is 1.96. The summed E-state index contributed by atoms with van der Waals surface area (Å²) in [5, 5.41) is 17.7. The lowest BCUT2D eigenvalue weighted by Gasteiger charge is -2.22. The normalized spacial score (nSPS) is 10.5. The van der Waals surface area contributed by atoms with Gasteiger partial charge in [-0.25, -0.2) is 0 Å². The number of phenolic OH excluding ortho intramolecular Hbond substituents is 1. The van der Waals surface area contributed by atoms with Crippen LogP contribution in [-0.4, -0.2) is 22.4 Å². The van der Waals surface area contributed by atoms with Crippen LogP contribution >= 0.6 is 0 Å². The molecule has 0 aliphatic heterocycles. The van der Waals surface area contributed by atoms with Crippen molar-refractivity contribution in [2.75, 3.05) is 11.9 Å². The van der Waals surface area contributed by atoms with Crippen molar-refractivity contribution in [3.8, 4) is 5.75 Å². The molecule has 5 heteroatoms. The van der Waals surface area contributed by atoms with Crippen molar-refractivity contribution in [1.29, 1.82) is 0 Å². The molecule has 2 rings (SSSR count). The molecule has 0 bridgehead atoms. The van der Waals surface area contributed by atoms with E-state index in [1.165, 1.54) is 0 Å². The molecule has 0 atom stereocenters. The Kier molecular flexibility index (Phi) is 3.66. The van der Waals surface area contributed by atoms with Crippen molar-refractivity contribution in [2.24, 2.45) is 5.73 Å². The van der Waals surface area contributed by atoms with Gasteiger partial charge in [0, 0.05) is 24.8 Å². The van der Waals surface area contributed by atoms with Gasteiger partial charge in [-0.2, -0.15) is 5.10 Å². The zero-order valence-electron chi connectivity index (χ0n) is 11.4. The summed E-state index contributed by atoms with van der Waals surface area (Å²) in [7, 11) is 1.91. The maximum Gasteiger partial charge on any atom is 0.160 e. The third-order valence-electron chi connectivity index (χ3n) is 3.32. The van der Waals surface area contributed by atoms with Crippen LogP contribution in [0.4, 0.5) is 11.5 Å². The highest BCUT2D eigenvalue weighted by molar-refractivity contribution is 5.63. The predicted octanol–water partition coefficient (Wildman–Crippen LogP) is 2.03. The van der Waals surface area contributed by atoms with E-state index < -0.39 is 0 Å². The molecule has 0 radical (unpaired) electrons. The molecule has 2 aromatic rings. The predicted molar refractivity (Wildman–Crippen MR) is 75.6 cm³/mol. The minimum absolute atomic E-state index is 0.238. The zero-order valence-corrected chi connectivity index (χ0v) is 11.4. The molecule has 100 valence electrons. The Morgan fingerprint density at radius 3 is 2.37 bits per heavy atom. The number of aryl methyl sites for hydroxylation is 1. The quantitative estimate of drug-likeness (QED) is 0.881. The first-order chi connectivity index (χ1) is 9.04. The molecule has 0 unspecified atom stereocenters. The fraction of sp³-hybridized carbons (Fsp3) is 0.286. The summed E-state index contributed by atoms with van der Waals surface area (Å²) in [6.07, 6.45) is 0. The molecule has 0 saturated heterocycles. The number of aromatic hydroxyl groups is 1. The Hall–Kier alpha value is -2.14. The van der Waals surface area contributed by atoms with Gasteiger partial charge in [0.15, 0.2) is 5.82 Å². The van der Waals surface area contributed by atoms with Crippen LogP contribution in [0.3, 0.4) is 0 Å². The second kappa shape index (κ2) is 5.24. The van der Waals surface area contributed by atoms with Gasteiger partial charge in [-0.1, -0.05) is 0 Å². The highest BCUT2D eigenvalue weighted by Gasteiger charge is 2.14. The molecule has 0 aliphatic carbocycles. The van der Waals surface area contributed by atoms with E-state index in [2.05, 4.69) is 10.2 Å². The van der Waals surface area contributed by atoms with Crippen molar-refractivity contribution < 1.29 is 5.11 Å². The van der Waals surface area contributed by atoms with Crippen LogP contribution in [0.2, 0.25) is 0 Å². The Bertz CT molecular complexity index is 581. The van der Waals surface area contributed by atoms with Crippen LogP contribution < -0.4 is 10.6 Å². The maximum absolute atomic E-state index is 9.32. The number of nitrogens with zero attached hydrogens (tertiary/aromatic N) is 3. The van der Waals surface area contributed by atoms with Crippen molar-refractivity contribution in [3.05, 3.63) is 41.1 Å². The molecular weight excluding hydrogens is 240 g/mol. The topological polar surface area (TPSA) is 75.3 Å². The summed E-state index contributed by atoms with van der Waals surface area (Å²) in [6, 6.07) is 6.93. The first-order valence-electron chi connectivity index (χ1n) is 6.10. The van der Waals surface area contributed by atoms with Crippen molar-refractivity contribution in [1.82, 2.24) is 10.2 Å². The van der Waals surface area contributed by atoms with Gasteiger partial charge in [0.25, 0.3) is 0 Å². The second-order valence-corrected chi connectivity index (χ2v) is 4.49. The number of aromatic nitrogens is 2. The Morgan fingerprint density at radius 2 is 1.79 bits per heavy atom. The van der Waals surface area contributed by atoms with E-state index in [9.17, 15) is 5.11 Å². The smallest absolute Gasteiger partial charge is 0.160 e. The number of phenols is 1. The first kappa shape index (κ1) is 13.3. The fourth-order valence-corrected chi connectivity index (χ4v) is 1.96. The maximum atomic E-state index is 9.32. The molecule has 0 aliphatic rings. The largest absolute Gasteiger partial charge is 0.508 e. The van der Waals surface area contributed by atoms with E-state index >= 15 is 0 Å². The lowest BCUT2D eigenvalue weighted by atomic mass is 10.1. The van der Waals surface area contributed by atoms with E-state index in [-0.39, 0.29) is 5.75 Å². The minimum atomic E-state index is 0.238. The van der Waals surface area contributed by atoms with Gasteiger partial charge < -0.3 is 15.7 Å². The summed E-state index contributed by atoms with van der Waals surface area (Å²) < 4.78 is 0. The third kappa shape index (κ3) is 2.51. The molecule has 0 amide bonds. The summed E-state index contributed by atoms with van der Waals surface area (Å²) in [4.78, 5) is 1.92. The molecule has 0 spiro atoms. The average molecular weight is 258 g/mol. The number of benzene rings is 1. The minimum Gasteiger partial charge on any atom is -0.508 e. The monoisotopic (exact) mass is 258 g/mol. The molecule has 19 heavy (non-hydrogen) atoms. The summed E-state index contributed by atoms with van der Waals surface area (Å²) in [5.41, 5.74) is 9.70. The second-order valence-electron chi connectivity index (χ2n) is 4.49. The molecule has 1 aromatic heterocycles. The molecule has 0 fully saturated rings. The molecule has 5 nitrogen and oxygen atoms in total. The van der Waals surface area contributed by atoms with Crippen LogP contribution in [0.1, 0.15) is 16.8 Å². The molecule has 1 aromatic carbocycles. The summed E-state index contributed by atoms with van der Waals surface area (Å²) in [5.74, 6) is 0.985. The van der Waals surface area contributed by atoms with Gasteiger partial charge in [0.2, 0.25) is 0 Å². The number of hydrogen-bond acceptors (Lipinski definition) is 5. The van der Waals surface area contributed by atoms with Gasteiger partial charge in [-0.3, -0.25) is 0 Å². The van der Waals surface area contributed by atoms with Crippen LogP contribution in [0.15, 0.2) is 24.3 Å². The molecular formula is C14H18N4O. The standard InChI is InChI=1S/C14H18N4O/c1-9-10(2)16-17-14(13(9)8-15)18(3)11-4-6-12(19)7-5-11/h4-7,19H,8,15H2,1-3H3. The van der Waals surface area contributed by atoms with Gasteiger partial charge in [-0.05, 0) is 43.7 Å². The van der Waals surface area contributed by atoms with E-state index in [0.29, 0.717) is 6.54 Å². The Balaban J connectivity index is 2.46. The van der Waals surface area contributed by atoms with Crippen molar-refractivity contribution in [3.63, 3.8) is 0 Å². The molecule has 3 N–H and O–H groups in total. The van der Waals surface area contributed by atoms with E-state index in [4.69, 9.17) is 5.73 Å². The van der Waals surface area contributed by atoms with Crippen LogP contribution in [-0.2, 0) is 6.54 Å². The number of nitrogens with two attached hydrogens (primary N) is 1. The lowest BCUT2D eigenvalue weighted by Crippen LogP contribution is -2.17. The Morgan fingerprint density at radius 1 is 1.16 bits per heavy atom. The van der Waals surface area contributed by atoms with Gasteiger partial charge in [-0.15, -0.1) is 5.10 Å². The van der Waals surface area contributed by atoms with Gasteiger partial charge in [0.1, 0.15) is 5.75 Å². The molecule has 1 heterocycles. The van der Waals surface area contributed by atoms with Gasteiger partial charge in [0.05, 0.1) is 5.69 Å². The van der Waals surface area contributed by atoms with Crippen molar-refractivity contribution >= 4 is 11.5 Å². The first-order valence-corrected chi connectivity index (χ1v) is 6.10. The van der Waals surface area contributed by atoms with Crippen LogP contribution in [0, 0.1) is 13.8 Å². The van der Waals surface area contributed by atoms with E-state index in [0.717, 1.165) is 28.3 Å². The number of hydrogen-bond donors (Lipinski definition) is 2. The Labute approximate surface area is 112 Å². The average Bonchev–Trinajstić information content (AvgIpc) is 2.41. The lowest BCUT2D eigenvalue weighted by molar-refractivity contribution is 0.475. The zero-order chi connectivity index (χ0) is 14.0. The van der Waals surface area contributed by atoms with Crippen molar-refractivity contribution in [2.45, 2.75) is 20.4 Å². The molecule has 0 saturated carbocycles.